The van der Waals surface area contributed by atoms with Gasteiger partial charge in [0.25, 0.3) is 0 Å². The molecule has 0 aliphatic carbocycles. The van der Waals surface area contributed by atoms with E-state index in [0.29, 0.717) is 16.8 Å². The highest BCUT2D eigenvalue weighted by molar-refractivity contribution is 8.00. The molecule has 4 nitrogen and oxygen atoms in total. The lowest BCUT2D eigenvalue weighted by Crippen LogP contribution is -2.09. The number of thioether (sulfide) groups is 1. The van der Waals surface area contributed by atoms with Crippen molar-refractivity contribution in [1.29, 1.82) is 5.26 Å². The van der Waals surface area contributed by atoms with Crippen LogP contribution >= 0.6 is 35.0 Å². The molecule has 0 spiro atoms. The van der Waals surface area contributed by atoms with E-state index in [0.717, 1.165) is 0 Å². The molecule has 26 heavy (non-hydrogen) atoms. The van der Waals surface area contributed by atoms with Gasteiger partial charge < -0.3 is 0 Å². The van der Waals surface area contributed by atoms with Crippen molar-refractivity contribution in [3.63, 3.8) is 0 Å². The van der Waals surface area contributed by atoms with Crippen LogP contribution in [-0.2, 0) is 6.18 Å². The molecule has 2 aromatic rings. The van der Waals surface area contributed by atoms with Gasteiger partial charge in [-0.1, -0.05) is 23.2 Å². The Kier molecular flexibility index (Phi) is 5.51. The van der Waals surface area contributed by atoms with Crippen LogP contribution in [0.25, 0.3) is 5.69 Å². The number of benzene rings is 1. The van der Waals surface area contributed by atoms with Crippen LogP contribution in [0.15, 0.2) is 17.0 Å². The van der Waals surface area contributed by atoms with Crippen LogP contribution in [0.1, 0.15) is 21.7 Å². The van der Waals surface area contributed by atoms with Crippen LogP contribution in [0, 0.1) is 11.3 Å². The average molecular weight is 434 g/mol. The minimum absolute atomic E-state index is 0.0355. The molecule has 0 aliphatic heterocycles. The number of rotatable bonds is 3. The Morgan fingerprint density at radius 3 is 2.08 bits per heavy atom. The normalized spacial score (nSPS) is 12.1. The molecular formula is C13H3Cl2F6N3OS. The first-order chi connectivity index (χ1) is 11.9. The van der Waals surface area contributed by atoms with Crippen LogP contribution in [0.4, 0.5) is 26.3 Å². The lowest BCUT2D eigenvalue weighted by Gasteiger charge is -2.13. The molecule has 1 aromatic heterocycles. The molecule has 138 valence electrons. The molecule has 0 atom stereocenters. The average Bonchev–Trinajstić information content (AvgIpc) is 2.81. The summed E-state index contributed by atoms with van der Waals surface area (Å²) >= 11 is 10.8. The molecule has 0 saturated heterocycles. The largest absolute Gasteiger partial charge is 0.446 e. The zero-order valence-electron chi connectivity index (χ0n) is 11.9. The molecule has 0 amide bonds. The molecule has 13 heteroatoms. The van der Waals surface area contributed by atoms with Crippen molar-refractivity contribution in [2.75, 3.05) is 0 Å². The standard InChI is InChI=1S/C13H3Cl2F6N3OS/c14-6-1-5(12(16,17)18)2-7(15)10(6)24-9(4-25)11(8(3-22)23-24)26-13(19,20)21/h1-2,4H. The Bertz CT molecular complexity index is 893. The van der Waals surface area contributed by atoms with Crippen LogP contribution in [0.2, 0.25) is 10.0 Å². The summed E-state index contributed by atoms with van der Waals surface area (Å²) in [6.45, 7) is 0. The van der Waals surface area contributed by atoms with Gasteiger partial charge in [0.1, 0.15) is 17.5 Å². The van der Waals surface area contributed by atoms with Crippen molar-refractivity contribution in [3.05, 3.63) is 39.1 Å². The molecule has 0 radical (unpaired) electrons. The van der Waals surface area contributed by atoms with Crippen LogP contribution in [0.3, 0.4) is 0 Å². The van der Waals surface area contributed by atoms with E-state index in [2.05, 4.69) is 5.10 Å². The van der Waals surface area contributed by atoms with Crippen molar-refractivity contribution >= 4 is 41.2 Å². The fourth-order valence-corrected chi connectivity index (χ4v) is 3.21. The summed E-state index contributed by atoms with van der Waals surface area (Å²) in [6, 6.07) is 2.33. The smallest absolute Gasteiger partial charge is 0.296 e. The van der Waals surface area contributed by atoms with Crippen LogP contribution in [0.5, 0.6) is 0 Å². The van der Waals surface area contributed by atoms with E-state index in [-0.39, 0.29) is 6.29 Å². The van der Waals surface area contributed by atoms with E-state index in [9.17, 15) is 31.1 Å². The number of hydrogen-bond donors (Lipinski definition) is 0. The molecule has 2 rings (SSSR count). The number of carbonyl (C=O) groups is 1. The zero-order chi connectivity index (χ0) is 19.9. The molecule has 0 fully saturated rings. The second-order valence-electron chi connectivity index (χ2n) is 4.54. The summed E-state index contributed by atoms with van der Waals surface area (Å²) in [5.74, 6) is 0. The zero-order valence-corrected chi connectivity index (χ0v) is 14.2. The summed E-state index contributed by atoms with van der Waals surface area (Å²) in [6.07, 6.45) is -4.81. The van der Waals surface area contributed by atoms with Gasteiger partial charge in [-0.2, -0.15) is 36.7 Å². The molecule has 0 unspecified atom stereocenters. The lowest BCUT2D eigenvalue weighted by molar-refractivity contribution is -0.137. The molecule has 0 saturated carbocycles. The Labute approximate surface area is 155 Å². The van der Waals surface area contributed by atoms with Crippen molar-refractivity contribution in [3.8, 4) is 11.8 Å². The summed E-state index contributed by atoms with van der Waals surface area (Å²) in [5.41, 5.74) is -8.00. The first-order valence-electron chi connectivity index (χ1n) is 6.19. The number of nitrogens with zero attached hydrogens (tertiary/aromatic N) is 3. The molecular weight excluding hydrogens is 431 g/mol. The number of hydrogen-bond acceptors (Lipinski definition) is 4. The van der Waals surface area contributed by atoms with Crippen molar-refractivity contribution in [2.45, 2.75) is 16.6 Å². The fraction of sp³-hybridized carbons (Fsp3) is 0.154. The van der Waals surface area contributed by atoms with Crippen molar-refractivity contribution in [2.24, 2.45) is 0 Å². The lowest BCUT2D eigenvalue weighted by atomic mass is 10.2. The summed E-state index contributed by atoms with van der Waals surface area (Å²) in [7, 11) is 0. The maximum atomic E-state index is 12.8. The number of aldehydes is 1. The van der Waals surface area contributed by atoms with Gasteiger partial charge in [0.15, 0.2) is 12.0 Å². The van der Waals surface area contributed by atoms with Gasteiger partial charge in [0, 0.05) is 0 Å². The van der Waals surface area contributed by atoms with E-state index in [4.69, 9.17) is 28.5 Å². The topological polar surface area (TPSA) is 58.7 Å². The highest BCUT2D eigenvalue weighted by atomic mass is 35.5. The van der Waals surface area contributed by atoms with Gasteiger partial charge in [-0.05, 0) is 23.9 Å². The predicted octanol–water partition coefficient (Wildman–Crippen LogP) is 5.49. The maximum Gasteiger partial charge on any atom is 0.446 e. The third-order valence-electron chi connectivity index (χ3n) is 2.87. The highest BCUT2D eigenvalue weighted by Crippen LogP contribution is 2.42. The summed E-state index contributed by atoms with van der Waals surface area (Å²) < 4.78 is 76.8. The Hall–Kier alpha value is -1.90. The van der Waals surface area contributed by atoms with E-state index in [1.54, 1.807) is 0 Å². The van der Waals surface area contributed by atoms with Crippen LogP contribution < -0.4 is 0 Å². The number of halogens is 8. The summed E-state index contributed by atoms with van der Waals surface area (Å²) in [4.78, 5) is 10.5. The third kappa shape index (κ3) is 4.08. The first kappa shape index (κ1) is 20.4. The monoisotopic (exact) mass is 433 g/mol. The number of aromatic nitrogens is 2. The van der Waals surface area contributed by atoms with Gasteiger partial charge in [-0.15, -0.1) is 0 Å². The predicted molar refractivity (Wildman–Crippen MR) is 80.6 cm³/mol. The van der Waals surface area contributed by atoms with E-state index < -0.39 is 61.0 Å². The van der Waals surface area contributed by atoms with Crippen molar-refractivity contribution < 1.29 is 31.1 Å². The quantitative estimate of drug-likeness (QED) is 0.364. The molecule has 0 N–H and O–H groups in total. The fourth-order valence-electron chi connectivity index (χ4n) is 1.91. The minimum Gasteiger partial charge on any atom is -0.296 e. The molecule has 0 bridgehead atoms. The van der Waals surface area contributed by atoms with E-state index in [1.165, 1.54) is 6.07 Å². The van der Waals surface area contributed by atoms with Gasteiger partial charge >= 0.3 is 11.7 Å². The Balaban J connectivity index is 2.74. The Morgan fingerprint density at radius 1 is 1.15 bits per heavy atom. The Morgan fingerprint density at radius 2 is 1.69 bits per heavy atom. The van der Waals surface area contributed by atoms with E-state index >= 15 is 0 Å². The first-order valence-corrected chi connectivity index (χ1v) is 7.77. The van der Waals surface area contributed by atoms with Gasteiger partial charge in [-0.3, -0.25) is 4.79 Å². The number of nitriles is 1. The number of alkyl halides is 6. The SMILES string of the molecule is N#Cc1nn(-c2c(Cl)cc(C(F)(F)F)cc2Cl)c(C=O)c1SC(F)(F)F. The minimum atomic E-state index is -4.84. The van der Waals surface area contributed by atoms with Gasteiger partial charge in [0.05, 0.1) is 20.5 Å². The van der Waals surface area contributed by atoms with Gasteiger partial charge in [0.2, 0.25) is 0 Å². The third-order valence-corrected chi connectivity index (χ3v) is 4.28. The van der Waals surface area contributed by atoms with Crippen molar-refractivity contribution in [1.82, 2.24) is 9.78 Å². The maximum absolute atomic E-state index is 12.8. The molecule has 1 heterocycles. The molecule has 1 aromatic carbocycles. The number of carbonyl (C=O) groups excluding carboxylic acids is 1. The summed E-state index contributed by atoms with van der Waals surface area (Å²) in [5, 5.41) is 11.2. The van der Waals surface area contributed by atoms with E-state index in [1.807, 2.05) is 0 Å². The second-order valence-corrected chi connectivity index (χ2v) is 6.43. The van der Waals surface area contributed by atoms with Gasteiger partial charge in [-0.25, -0.2) is 4.68 Å². The van der Waals surface area contributed by atoms with Crippen LogP contribution in [-0.4, -0.2) is 21.6 Å². The highest BCUT2D eigenvalue weighted by Gasteiger charge is 2.36. The molecule has 0 aliphatic rings. The second kappa shape index (κ2) is 7.02.